The van der Waals surface area contributed by atoms with Crippen LogP contribution in [0.25, 0.3) is 0 Å². The summed E-state index contributed by atoms with van der Waals surface area (Å²) >= 11 is 7.36. The van der Waals surface area contributed by atoms with Crippen LogP contribution in [-0.2, 0) is 17.8 Å². The van der Waals surface area contributed by atoms with Crippen LogP contribution in [-0.4, -0.2) is 26.4 Å². The molecule has 0 bridgehead atoms. The lowest BCUT2D eigenvalue weighted by atomic mass is 10.1. The summed E-state index contributed by atoms with van der Waals surface area (Å²) in [5.74, 6) is 1.41. The first kappa shape index (κ1) is 22.9. The first-order chi connectivity index (χ1) is 15.0. The average molecular weight is 457 g/mol. The van der Waals surface area contributed by atoms with Crippen molar-refractivity contribution in [2.24, 2.45) is 0 Å². The lowest BCUT2D eigenvalue weighted by molar-refractivity contribution is -0.113. The maximum Gasteiger partial charge on any atom is 0.234 e. The summed E-state index contributed by atoms with van der Waals surface area (Å²) in [5, 5.41) is 12.7. The van der Waals surface area contributed by atoms with Crippen LogP contribution in [0.15, 0.2) is 66.3 Å². The minimum atomic E-state index is -0.355. The molecule has 162 valence electrons. The molecular formula is C23H25ClN4O2S. The third-order valence-electron chi connectivity index (χ3n) is 4.51. The van der Waals surface area contributed by atoms with Crippen molar-refractivity contribution in [1.82, 2.24) is 14.8 Å². The molecule has 1 amide bonds. The predicted octanol–water partition coefficient (Wildman–Crippen LogP) is 5.55. The van der Waals surface area contributed by atoms with Crippen LogP contribution in [0.4, 0.5) is 5.69 Å². The van der Waals surface area contributed by atoms with Gasteiger partial charge < -0.3 is 10.1 Å². The molecule has 1 N–H and O–H groups in total. The van der Waals surface area contributed by atoms with E-state index in [4.69, 9.17) is 16.3 Å². The van der Waals surface area contributed by atoms with E-state index < -0.39 is 0 Å². The Bertz CT molecular complexity index is 1040. The molecule has 0 fully saturated rings. The Morgan fingerprint density at radius 3 is 2.74 bits per heavy atom. The van der Waals surface area contributed by atoms with Gasteiger partial charge in [-0.15, -0.1) is 16.8 Å². The van der Waals surface area contributed by atoms with Gasteiger partial charge in [-0.1, -0.05) is 54.6 Å². The Balaban J connectivity index is 1.64. The van der Waals surface area contributed by atoms with Crippen LogP contribution in [0.2, 0.25) is 5.02 Å². The zero-order valence-corrected chi connectivity index (χ0v) is 19.1. The van der Waals surface area contributed by atoms with Crippen molar-refractivity contribution in [3.63, 3.8) is 0 Å². The highest BCUT2D eigenvalue weighted by atomic mass is 35.5. The van der Waals surface area contributed by atoms with Crippen LogP contribution in [0.5, 0.6) is 5.75 Å². The van der Waals surface area contributed by atoms with Crippen molar-refractivity contribution < 1.29 is 9.53 Å². The van der Waals surface area contributed by atoms with Crippen molar-refractivity contribution in [2.75, 3.05) is 11.1 Å². The van der Waals surface area contributed by atoms with E-state index in [1.54, 1.807) is 18.2 Å². The lowest BCUT2D eigenvalue weighted by Crippen LogP contribution is -2.15. The minimum Gasteiger partial charge on any atom is -0.483 e. The third kappa shape index (κ3) is 6.35. The second kappa shape index (κ2) is 11.0. The second-order valence-electron chi connectivity index (χ2n) is 6.84. The van der Waals surface area contributed by atoms with Gasteiger partial charge in [0.2, 0.25) is 5.91 Å². The molecule has 1 heterocycles. The molecule has 0 saturated carbocycles. The van der Waals surface area contributed by atoms with Gasteiger partial charge in [0, 0.05) is 17.3 Å². The number of aryl methyl sites for hydroxylation is 1. The lowest BCUT2D eigenvalue weighted by Gasteiger charge is -2.16. The van der Waals surface area contributed by atoms with Gasteiger partial charge in [0.15, 0.2) is 17.1 Å². The molecule has 1 aromatic heterocycles. The van der Waals surface area contributed by atoms with Crippen molar-refractivity contribution in [3.8, 4) is 5.75 Å². The van der Waals surface area contributed by atoms with Gasteiger partial charge >= 0.3 is 0 Å². The molecule has 8 heteroatoms. The fourth-order valence-corrected chi connectivity index (χ4v) is 3.89. The molecule has 1 unspecified atom stereocenters. The number of rotatable bonds is 10. The fourth-order valence-electron chi connectivity index (χ4n) is 2.96. The van der Waals surface area contributed by atoms with Crippen molar-refractivity contribution >= 4 is 35.0 Å². The molecule has 0 aliphatic heterocycles. The van der Waals surface area contributed by atoms with E-state index in [1.807, 2.05) is 47.9 Å². The van der Waals surface area contributed by atoms with Crippen molar-refractivity contribution in [2.45, 2.75) is 38.1 Å². The predicted molar refractivity (Wildman–Crippen MR) is 126 cm³/mol. The maximum atomic E-state index is 12.4. The molecule has 3 aromatic rings. The van der Waals surface area contributed by atoms with E-state index in [-0.39, 0.29) is 17.8 Å². The number of benzene rings is 2. The van der Waals surface area contributed by atoms with Crippen molar-refractivity contribution in [1.29, 1.82) is 0 Å². The molecule has 31 heavy (non-hydrogen) atoms. The van der Waals surface area contributed by atoms with Crippen LogP contribution in [0, 0.1) is 0 Å². The number of carbonyl (C=O) groups is 1. The van der Waals surface area contributed by atoms with Gasteiger partial charge in [0.1, 0.15) is 5.75 Å². The van der Waals surface area contributed by atoms with Crippen LogP contribution in [0.1, 0.15) is 31.3 Å². The number of amides is 1. The van der Waals surface area contributed by atoms with E-state index in [0.29, 0.717) is 28.3 Å². The second-order valence-corrected chi connectivity index (χ2v) is 8.22. The smallest absolute Gasteiger partial charge is 0.234 e. The number of halogens is 1. The van der Waals surface area contributed by atoms with E-state index in [9.17, 15) is 4.79 Å². The Morgan fingerprint density at radius 1 is 1.29 bits per heavy atom. The quantitative estimate of drug-likeness (QED) is 0.320. The van der Waals surface area contributed by atoms with Crippen LogP contribution < -0.4 is 10.1 Å². The zero-order chi connectivity index (χ0) is 22.2. The largest absolute Gasteiger partial charge is 0.483 e. The number of ether oxygens (including phenoxy) is 1. The van der Waals surface area contributed by atoms with Gasteiger partial charge in [0.05, 0.1) is 5.75 Å². The molecule has 0 aliphatic rings. The topological polar surface area (TPSA) is 69.0 Å². The number of anilines is 1. The fraction of sp³-hybridized carbons (Fsp3) is 0.261. The molecule has 2 aromatic carbocycles. The molecule has 3 rings (SSSR count). The molecule has 0 saturated heterocycles. The zero-order valence-electron chi connectivity index (χ0n) is 17.5. The highest BCUT2D eigenvalue weighted by Gasteiger charge is 2.20. The SMILES string of the molecule is C=CCn1c(SCC(=O)Nc2ccc(CC)cc2)nnc1C(C)Oc1cccc(Cl)c1. The Labute approximate surface area is 191 Å². The number of nitrogens with one attached hydrogen (secondary N) is 1. The van der Waals surface area contributed by atoms with E-state index >= 15 is 0 Å². The van der Waals surface area contributed by atoms with Gasteiger partial charge in [0.25, 0.3) is 0 Å². The molecule has 1 atom stereocenters. The number of thioether (sulfide) groups is 1. The highest BCUT2D eigenvalue weighted by Crippen LogP contribution is 2.26. The van der Waals surface area contributed by atoms with Gasteiger partial charge in [-0.3, -0.25) is 9.36 Å². The van der Waals surface area contributed by atoms with Gasteiger partial charge in [-0.05, 0) is 49.2 Å². The van der Waals surface area contributed by atoms with E-state index in [0.717, 1.165) is 12.1 Å². The number of aromatic nitrogens is 3. The number of allylic oxidation sites excluding steroid dienone is 1. The summed E-state index contributed by atoms with van der Waals surface area (Å²) in [6, 6.07) is 15.0. The number of hydrogen-bond acceptors (Lipinski definition) is 5. The summed E-state index contributed by atoms with van der Waals surface area (Å²) in [4.78, 5) is 12.4. The Morgan fingerprint density at radius 2 is 2.06 bits per heavy atom. The normalized spacial score (nSPS) is 11.7. The number of hydrogen-bond donors (Lipinski definition) is 1. The van der Waals surface area contributed by atoms with E-state index in [1.165, 1.54) is 17.3 Å². The first-order valence-corrected chi connectivity index (χ1v) is 11.3. The molecule has 0 aliphatic carbocycles. The standard InChI is InChI=1S/C23H25ClN4O2S/c1-4-13-28-22(16(3)30-20-8-6-7-18(24)14-20)26-27-23(28)31-15-21(29)25-19-11-9-17(5-2)10-12-19/h4,6-12,14,16H,1,5,13,15H2,2-3H3,(H,25,29). The molecular weight excluding hydrogens is 432 g/mol. The number of nitrogens with zero attached hydrogens (tertiary/aromatic N) is 3. The monoisotopic (exact) mass is 456 g/mol. The van der Waals surface area contributed by atoms with Gasteiger partial charge in [-0.25, -0.2) is 0 Å². The molecule has 0 radical (unpaired) electrons. The molecule has 0 spiro atoms. The maximum absolute atomic E-state index is 12.4. The highest BCUT2D eigenvalue weighted by molar-refractivity contribution is 7.99. The number of carbonyl (C=O) groups excluding carboxylic acids is 1. The Kier molecular flexibility index (Phi) is 8.14. The third-order valence-corrected chi connectivity index (χ3v) is 5.71. The summed E-state index contributed by atoms with van der Waals surface area (Å²) < 4.78 is 7.87. The summed E-state index contributed by atoms with van der Waals surface area (Å²) in [6.07, 6.45) is 2.37. The molecule has 6 nitrogen and oxygen atoms in total. The van der Waals surface area contributed by atoms with Crippen LogP contribution in [0.3, 0.4) is 0 Å². The average Bonchev–Trinajstić information content (AvgIpc) is 3.16. The summed E-state index contributed by atoms with van der Waals surface area (Å²) in [6.45, 7) is 8.31. The summed E-state index contributed by atoms with van der Waals surface area (Å²) in [7, 11) is 0. The van der Waals surface area contributed by atoms with Crippen molar-refractivity contribution in [3.05, 3.63) is 77.6 Å². The first-order valence-electron chi connectivity index (χ1n) is 9.98. The van der Waals surface area contributed by atoms with Gasteiger partial charge in [-0.2, -0.15) is 0 Å². The Hall–Kier alpha value is -2.77. The van der Waals surface area contributed by atoms with Crippen LogP contribution >= 0.6 is 23.4 Å². The van der Waals surface area contributed by atoms with E-state index in [2.05, 4.69) is 29.0 Å². The minimum absolute atomic E-state index is 0.104. The summed E-state index contributed by atoms with van der Waals surface area (Å²) in [5.41, 5.74) is 2.01.